The smallest absolute Gasteiger partial charge is 0.224 e. The summed E-state index contributed by atoms with van der Waals surface area (Å²) in [5, 5.41) is 22.7. The van der Waals surface area contributed by atoms with Gasteiger partial charge < -0.3 is 15.5 Å². The van der Waals surface area contributed by atoms with Crippen molar-refractivity contribution >= 4 is 5.91 Å². The van der Waals surface area contributed by atoms with Crippen LogP contribution in [0.5, 0.6) is 0 Å². The fraction of sp³-hybridized carbons (Fsp3) is 0.625. The molecule has 0 fully saturated rings. The Balaban J connectivity index is 3.86. The zero-order chi connectivity index (χ0) is 32.2. The number of allylic oxidation sites excluding steroid dienone is 12. The highest BCUT2D eigenvalue weighted by atomic mass is 16.3. The Labute approximate surface area is 271 Å². The SMILES string of the molecule is CC/C=C\C/C=C\C/C=C\C/C=C\C/C=C\CC(=O)NC(CO)C(O)/C=C/CC/C=C/CCCCCCCCCCCCC. The van der Waals surface area contributed by atoms with Crippen molar-refractivity contribution in [2.24, 2.45) is 0 Å². The Morgan fingerprint density at radius 1 is 0.568 bits per heavy atom. The van der Waals surface area contributed by atoms with Crippen LogP contribution >= 0.6 is 0 Å². The molecule has 0 aliphatic heterocycles. The van der Waals surface area contributed by atoms with E-state index in [1.54, 1.807) is 6.08 Å². The number of hydrogen-bond donors (Lipinski definition) is 3. The van der Waals surface area contributed by atoms with Gasteiger partial charge in [0.1, 0.15) is 0 Å². The van der Waals surface area contributed by atoms with Gasteiger partial charge in [0.05, 0.1) is 18.8 Å². The van der Waals surface area contributed by atoms with Gasteiger partial charge in [0.15, 0.2) is 0 Å². The molecule has 4 nitrogen and oxygen atoms in total. The summed E-state index contributed by atoms with van der Waals surface area (Å²) in [6, 6.07) is -0.696. The predicted molar refractivity (Wildman–Crippen MR) is 193 cm³/mol. The van der Waals surface area contributed by atoms with Gasteiger partial charge in [-0.05, 0) is 57.8 Å². The number of aliphatic hydroxyl groups is 2. The van der Waals surface area contributed by atoms with E-state index in [-0.39, 0.29) is 18.9 Å². The zero-order valence-corrected chi connectivity index (χ0v) is 28.4. The van der Waals surface area contributed by atoms with Gasteiger partial charge in [-0.15, -0.1) is 0 Å². The molecular formula is C40H67NO3. The first-order chi connectivity index (χ1) is 21.7. The molecule has 0 aromatic heterocycles. The topological polar surface area (TPSA) is 69.6 Å². The van der Waals surface area contributed by atoms with Crippen LogP contribution in [0.2, 0.25) is 0 Å². The average Bonchev–Trinajstić information content (AvgIpc) is 3.03. The van der Waals surface area contributed by atoms with Gasteiger partial charge in [0.25, 0.3) is 0 Å². The summed E-state index contributed by atoms with van der Waals surface area (Å²) in [5.74, 6) is -0.205. The van der Waals surface area contributed by atoms with Crippen molar-refractivity contribution in [3.63, 3.8) is 0 Å². The van der Waals surface area contributed by atoms with Crippen molar-refractivity contribution in [1.82, 2.24) is 5.32 Å². The van der Waals surface area contributed by atoms with Crippen LogP contribution in [0.1, 0.15) is 142 Å². The predicted octanol–water partition coefficient (Wildman–Crippen LogP) is 10.6. The minimum Gasteiger partial charge on any atom is -0.394 e. The van der Waals surface area contributed by atoms with Crippen molar-refractivity contribution in [1.29, 1.82) is 0 Å². The maximum absolute atomic E-state index is 12.2. The number of nitrogens with one attached hydrogen (secondary N) is 1. The molecule has 2 unspecified atom stereocenters. The standard InChI is InChI=1S/C40H67NO3/c1-3-5-7-9-11-13-15-17-19-20-22-23-25-27-29-31-33-35-39(43)38(37-42)41-40(44)36-34-32-30-28-26-24-21-18-16-14-12-10-8-6-4-2/h6,8,12,14,18,21,25-28,32-35,38-39,42-43H,3-5,7,9-11,13,15-17,19-20,22-24,29-31,36-37H2,1-2H3,(H,41,44)/b8-6-,14-12-,21-18-,27-25+,28-26-,34-32-,35-33+. The number of carbonyl (C=O) groups is 1. The number of unbranched alkanes of at least 4 members (excludes halogenated alkanes) is 12. The fourth-order valence-corrected chi connectivity index (χ4v) is 4.67. The lowest BCUT2D eigenvalue weighted by Gasteiger charge is -2.19. The lowest BCUT2D eigenvalue weighted by Crippen LogP contribution is -2.44. The number of amides is 1. The van der Waals surface area contributed by atoms with E-state index in [2.05, 4.69) is 79.9 Å². The minimum atomic E-state index is -0.905. The maximum Gasteiger partial charge on any atom is 0.224 e. The van der Waals surface area contributed by atoms with E-state index < -0.39 is 12.1 Å². The van der Waals surface area contributed by atoms with Crippen LogP contribution in [0.25, 0.3) is 0 Å². The normalized spacial score (nSPS) is 14.2. The molecule has 0 aliphatic rings. The van der Waals surface area contributed by atoms with Crippen LogP contribution < -0.4 is 5.32 Å². The summed E-state index contributed by atoms with van der Waals surface area (Å²) in [5.41, 5.74) is 0. The summed E-state index contributed by atoms with van der Waals surface area (Å²) >= 11 is 0. The molecule has 0 heterocycles. The van der Waals surface area contributed by atoms with Gasteiger partial charge in [-0.1, -0.05) is 163 Å². The molecule has 0 rings (SSSR count). The monoisotopic (exact) mass is 610 g/mol. The highest BCUT2D eigenvalue weighted by molar-refractivity contribution is 5.77. The summed E-state index contributed by atoms with van der Waals surface area (Å²) < 4.78 is 0. The Kier molecular flexibility index (Phi) is 33.1. The molecule has 0 aromatic carbocycles. The van der Waals surface area contributed by atoms with Crippen molar-refractivity contribution in [3.8, 4) is 0 Å². The molecule has 44 heavy (non-hydrogen) atoms. The molecule has 4 heteroatoms. The van der Waals surface area contributed by atoms with E-state index in [4.69, 9.17) is 0 Å². The second-order valence-electron chi connectivity index (χ2n) is 11.6. The van der Waals surface area contributed by atoms with E-state index in [0.29, 0.717) is 0 Å². The van der Waals surface area contributed by atoms with Gasteiger partial charge in [-0.3, -0.25) is 4.79 Å². The summed E-state index contributed by atoms with van der Waals surface area (Å²) in [7, 11) is 0. The third-order valence-corrected chi connectivity index (χ3v) is 7.39. The second-order valence-corrected chi connectivity index (χ2v) is 11.6. The molecule has 0 saturated carbocycles. The third kappa shape index (κ3) is 31.0. The quantitative estimate of drug-likeness (QED) is 0.0560. The first-order valence-corrected chi connectivity index (χ1v) is 17.8. The Morgan fingerprint density at radius 2 is 1.02 bits per heavy atom. The Morgan fingerprint density at radius 3 is 1.55 bits per heavy atom. The third-order valence-electron chi connectivity index (χ3n) is 7.39. The van der Waals surface area contributed by atoms with Crippen LogP contribution in [-0.2, 0) is 4.79 Å². The molecular weight excluding hydrogens is 542 g/mol. The number of carbonyl (C=O) groups excluding carboxylic acids is 1. The number of rotatable bonds is 30. The molecule has 0 aromatic rings. The van der Waals surface area contributed by atoms with Gasteiger partial charge in [0, 0.05) is 6.42 Å². The lowest BCUT2D eigenvalue weighted by atomic mass is 10.1. The lowest BCUT2D eigenvalue weighted by molar-refractivity contribution is -0.122. The van der Waals surface area contributed by atoms with Crippen molar-refractivity contribution in [2.45, 2.75) is 154 Å². The van der Waals surface area contributed by atoms with E-state index in [1.165, 1.54) is 70.6 Å². The summed E-state index contributed by atoms with van der Waals surface area (Å²) in [6.45, 7) is 4.11. The van der Waals surface area contributed by atoms with Crippen molar-refractivity contribution in [3.05, 3.63) is 85.1 Å². The van der Waals surface area contributed by atoms with Crippen LogP contribution in [0.4, 0.5) is 0 Å². The van der Waals surface area contributed by atoms with Crippen LogP contribution in [0, 0.1) is 0 Å². The molecule has 1 amide bonds. The van der Waals surface area contributed by atoms with Crippen molar-refractivity contribution < 1.29 is 15.0 Å². The van der Waals surface area contributed by atoms with Crippen LogP contribution in [-0.4, -0.2) is 34.9 Å². The second kappa shape index (κ2) is 35.1. The molecule has 0 aliphatic carbocycles. The molecule has 250 valence electrons. The average molecular weight is 610 g/mol. The largest absolute Gasteiger partial charge is 0.394 e. The molecule has 0 saturated heterocycles. The maximum atomic E-state index is 12.2. The molecule has 0 bridgehead atoms. The van der Waals surface area contributed by atoms with Crippen molar-refractivity contribution in [2.75, 3.05) is 6.61 Å². The number of aliphatic hydroxyl groups excluding tert-OH is 2. The van der Waals surface area contributed by atoms with E-state index >= 15 is 0 Å². The first-order valence-electron chi connectivity index (χ1n) is 17.8. The fourth-order valence-electron chi connectivity index (χ4n) is 4.67. The van der Waals surface area contributed by atoms with Gasteiger partial charge in [-0.25, -0.2) is 0 Å². The van der Waals surface area contributed by atoms with E-state index in [9.17, 15) is 15.0 Å². The summed E-state index contributed by atoms with van der Waals surface area (Å²) in [6.07, 6.45) is 51.2. The number of hydrogen-bond acceptors (Lipinski definition) is 3. The van der Waals surface area contributed by atoms with Gasteiger partial charge in [-0.2, -0.15) is 0 Å². The van der Waals surface area contributed by atoms with Crippen LogP contribution in [0.15, 0.2) is 85.1 Å². The minimum absolute atomic E-state index is 0.205. The molecule has 2 atom stereocenters. The Hall–Kier alpha value is -2.43. The highest BCUT2D eigenvalue weighted by Crippen LogP contribution is 2.12. The van der Waals surface area contributed by atoms with Gasteiger partial charge in [0.2, 0.25) is 5.91 Å². The molecule has 3 N–H and O–H groups in total. The summed E-state index contributed by atoms with van der Waals surface area (Å²) in [4.78, 5) is 12.2. The van der Waals surface area contributed by atoms with E-state index in [0.717, 1.165) is 51.4 Å². The van der Waals surface area contributed by atoms with Crippen LogP contribution in [0.3, 0.4) is 0 Å². The first kappa shape index (κ1) is 41.6. The zero-order valence-electron chi connectivity index (χ0n) is 28.4. The molecule has 0 radical (unpaired) electrons. The highest BCUT2D eigenvalue weighted by Gasteiger charge is 2.17. The molecule has 0 spiro atoms. The van der Waals surface area contributed by atoms with E-state index in [1.807, 2.05) is 18.2 Å². The Bertz CT molecular complexity index is 834. The van der Waals surface area contributed by atoms with Gasteiger partial charge >= 0.3 is 0 Å².